The van der Waals surface area contributed by atoms with Crippen molar-refractivity contribution in [1.29, 1.82) is 0 Å². The normalized spacial score (nSPS) is 12.9. The van der Waals surface area contributed by atoms with E-state index in [4.69, 9.17) is 5.11 Å². The van der Waals surface area contributed by atoms with Gasteiger partial charge in [0.05, 0.1) is 17.0 Å². The average molecular weight is 157 g/mol. The molecule has 0 radical (unpaired) electrons. The molecule has 54 valence electrons. The van der Waals surface area contributed by atoms with Gasteiger partial charge < -0.3 is 5.11 Å². The Labute approximate surface area is 61.2 Å². The maximum absolute atomic E-state index is 10.7. The summed E-state index contributed by atoms with van der Waals surface area (Å²) in [7, 11) is -1.06. The van der Waals surface area contributed by atoms with Crippen LogP contribution >= 0.6 is 0 Å². The summed E-state index contributed by atoms with van der Waals surface area (Å²) in [4.78, 5) is 3.73. The maximum Gasteiger partial charge on any atom is 0.133 e. The number of aromatic nitrogens is 1. The van der Waals surface area contributed by atoms with Crippen LogP contribution in [0.2, 0.25) is 0 Å². The molecule has 1 aromatic rings. The summed E-state index contributed by atoms with van der Waals surface area (Å²) < 4.78 is 10.7. The first-order valence-corrected chi connectivity index (χ1v) is 4.24. The van der Waals surface area contributed by atoms with Crippen LogP contribution in [0.5, 0.6) is 5.75 Å². The van der Waals surface area contributed by atoms with E-state index < -0.39 is 10.8 Å². The quantitative estimate of drug-likeness (QED) is 0.646. The van der Waals surface area contributed by atoms with Gasteiger partial charge in [-0.25, -0.2) is 4.98 Å². The third kappa shape index (κ3) is 1.54. The van der Waals surface area contributed by atoms with Crippen LogP contribution < -0.4 is 0 Å². The van der Waals surface area contributed by atoms with Crippen molar-refractivity contribution in [3.63, 3.8) is 0 Å². The Balaban J connectivity index is 3.00. The molecule has 0 bridgehead atoms. The predicted octanol–water partition coefficient (Wildman–Crippen LogP) is 0.525. The first-order chi connectivity index (χ1) is 4.70. The highest BCUT2D eigenvalue weighted by molar-refractivity contribution is 7.84. The molecular weight excluding hydrogens is 150 g/mol. The second-order valence-electron chi connectivity index (χ2n) is 1.81. The van der Waals surface area contributed by atoms with Gasteiger partial charge in [-0.15, -0.1) is 0 Å². The summed E-state index contributed by atoms with van der Waals surface area (Å²) in [5.74, 6) is 0.0919. The molecule has 0 aliphatic rings. The van der Waals surface area contributed by atoms with Crippen molar-refractivity contribution in [1.82, 2.24) is 4.98 Å². The zero-order valence-electron chi connectivity index (χ0n) is 5.44. The third-order valence-corrected chi connectivity index (χ3v) is 1.85. The summed E-state index contributed by atoms with van der Waals surface area (Å²) >= 11 is 0. The molecule has 0 aliphatic carbocycles. The van der Waals surface area contributed by atoms with E-state index in [0.29, 0.717) is 5.03 Å². The fourth-order valence-corrected chi connectivity index (χ4v) is 1.00. The number of nitrogens with zero attached hydrogens (tertiary/aromatic N) is 1. The van der Waals surface area contributed by atoms with Gasteiger partial charge in [0.1, 0.15) is 10.8 Å². The van der Waals surface area contributed by atoms with Gasteiger partial charge in [0, 0.05) is 6.26 Å². The van der Waals surface area contributed by atoms with Crippen molar-refractivity contribution in [2.45, 2.75) is 5.03 Å². The van der Waals surface area contributed by atoms with Crippen molar-refractivity contribution in [3.05, 3.63) is 18.3 Å². The number of hydrogen-bond acceptors (Lipinski definition) is 3. The van der Waals surface area contributed by atoms with E-state index >= 15 is 0 Å². The molecule has 0 spiro atoms. The van der Waals surface area contributed by atoms with Crippen molar-refractivity contribution >= 4 is 10.8 Å². The molecule has 1 rings (SSSR count). The molecule has 4 heteroatoms. The Bertz CT molecular complexity index is 244. The van der Waals surface area contributed by atoms with E-state index in [9.17, 15) is 4.21 Å². The minimum Gasteiger partial charge on any atom is -0.506 e. The summed E-state index contributed by atoms with van der Waals surface area (Å²) in [6, 6.07) is 3.00. The molecule has 1 unspecified atom stereocenters. The average Bonchev–Trinajstić information content (AvgIpc) is 1.88. The minimum atomic E-state index is -1.06. The summed E-state index contributed by atoms with van der Waals surface area (Å²) in [5, 5.41) is 9.26. The molecule has 0 saturated carbocycles. The maximum atomic E-state index is 10.7. The lowest BCUT2D eigenvalue weighted by Gasteiger charge is -1.93. The Morgan fingerprint density at radius 1 is 1.60 bits per heavy atom. The van der Waals surface area contributed by atoms with Gasteiger partial charge in [-0.2, -0.15) is 0 Å². The molecule has 1 aromatic heterocycles. The lowest BCUT2D eigenvalue weighted by Crippen LogP contribution is -1.89. The van der Waals surface area contributed by atoms with Crippen LogP contribution in [-0.4, -0.2) is 20.6 Å². The highest BCUT2D eigenvalue weighted by Gasteiger charge is 1.96. The monoisotopic (exact) mass is 157 g/mol. The fraction of sp³-hybridized carbons (Fsp3) is 0.167. The third-order valence-electron chi connectivity index (χ3n) is 1.02. The Kier molecular flexibility index (Phi) is 2.01. The summed E-state index contributed by atoms with van der Waals surface area (Å²) in [5.41, 5.74) is 0. The fourth-order valence-electron chi connectivity index (χ4n) is 0.543. The first-order valence-electron chi connectivity index (χ1n) is 2.68. The van der Waals surface area contributed by atoms with Gasteiger partial charge >= 0.3 is 0 Å². The van der Waals surface area contributed by atoms with Crippen molar-refractivity contribution < 1.29 is 9.32 Å². The van der Waals surface area contributed by atoms with Gasteiger partial charge in [-0.05, 0) is 12.1 Å². The van der Waals surface area contributed by atoms with E-state index in [-0.39, 0.29) is 5.75 Å². The summed E-state index contributed by atoms with van der Waals surface area (Å²) in [6.07, 6.45) is 2.82. The second-order valence-corrected chi connectivity index (χ2v) is 3.14. The lowest BCUT2D eigenvalue weighted by atomic mass is 10.5. The number of aromatic hydroxyl groups is 1. The zero-order valence-corrected chi connectivity index (χ0v) is 6.26. The molecule has 10 heavy (non-hydrogen) atoms. The minimum absolute atomic E-state index is 0.0919. The van der Waals surface area contributed by atoms with E-state index in [1.54, 1.807) is 6.26 Å². The van der Waals surface area contributed by atoms with Crippen LogP contribution in [0, 0.1) is 0 Å². The van der Waals surface area contributed by atoms with Gasteiger partial charge in [0.2, 0.25) is 0 Å². The molecule has 1 atom stereocenters. The van der Waals surface area contributed by atoms with Crippen molar-refractivity contribution in [3.8, 4) is 5.75 Å². The summed E-state index contributed by atoms with van der Waals surface area (Å²) in [6.45, 7) is 0. The largest absolute Gasteiger partial charge is 0.506 e. The molecule has 0 amide bonds. The van der Waals surface area contributed by atoms with Crippen LogP contribution in [0.3, 0.4) is 0 Å². The highest BCUT2D eigenvalue weighted by Crippen LogP contribution is 2.07. The number of rotatable bonds is 1. The van der Waals surface area contributed by atoms with Gasteiger partial charge in [-0.3, -0.25) is 4.21 Å². The number of pyridine rings is 1. The topological polar surface area (TPSA) is 50.2 Å². The van der Waals surface area contributed by atoms with Crippen molar-refractivity contribution in [2.75, 3.05) is 6.26 Å². The van der Waals surface area contributed by atoms with E-state index in [1.165, 1.54) is 18.3 Å². The first kappa shape index (κ1) is 7.21. The second kappa shape index (κ2) is 2.79. The standard InChI is InChI=1S/C6H7NO2S/c1-10(9)6-3-2-5(8)4-7-6/h2-4,8H,1H3. The number of hydrogen-bond donors (Lipinski definition) is 1. The van der Waals surface area contributed by atoms with Crippen LogP contribution in [0.25, 0.3) is 0 Å². The molecular formula is C6H7NO2S. The van der Waals surface area contributed by atoms with Crippen LogP contribution in [0.4, 0.5) is 0 Å². The molecule has 0 fully saturated rings. The molecule has 3 nitrogen and oxygen atoms in total. The van der Waals surface area contributed by atoms with Gasteiger partial charge in [0.15, 0.2) is 0 Å². The van der Waals surface area contributed by atoms with E-state index in [2.05, 4.69) is 4.98 Å². The Morgan fingerprint density at radius 3 is 2.70 bits per heavy atom. The predicted molar refractivity (Wildman–Crippen MR) is 38.2 cm³/mol. The van der Waals surface area contributed by atoms with E-state index in [1.807, 2.05) is 0 Å². The molecule has 1 N–H and O–H groups in total. The van der Waals surface area contributed by atoms with Gasteiger partial charge in [-0.1, -0.05) is 0 Å². The molecule has 0 aromatic carbocycles. The van der Waals surface area contributed by atoms with E-state index in [0.717, 1.165) is 0 Å². The SMILES string of the molecule is CS(=O)c1ccc(O)cn1. The van der Waals surface area contributed by atoms with Crippen molar-refractivity contribution in [2.24, 2.45) is 0 Å². The van der Waals surface area contributed by atoms with Gasteiger partial charge in [0.25, 0.3) is 0 Å². The molecule has 0 aliphatic heterocycles. The zero-order chi connectivity index (χ0) is 7.56. The van der Waals surface area contributed by atoms with Crippen LogP contribution in [0.1, 0.15) is 0 Å². The molecule has 1 heterocycles. The van der Waals surface area contributed by atoms with Crippen LogP contribution in [0.15, 0.2) is 23.4 Å². The Morgan fingerprint density at radius 2 is 2.30 bits per heavy atom. The Hall–Kier alpha value is -0.900. The smallest absolute Gasteiger partial charge is 0.133 e. The van der Waals surface area contributed by atoms with Crippen LogP contribution in [-0.2, 0) is 10.8 Å². The highest BCUT2D eigenvalue weighted by atomic mass is 32.2. The lowest BCUT2D eigenvalue weighted by molar-refractivity contribution is 0.471. The molecule has 0 saturated heterocycles.